The average molecular weight is 260 g/mol. The largest absolute Gasteiger partial charge is 0.261 e. The molecular formula is C7H5Cl3O2S. The zero-order valence-electron chi connectivity index (χ0n) is 6.51. The molecule has 0 fully saturated rings. The zero-order valence-corrected chi connectivity index (χ0v) is 9.60. The van der Waals surface area contributed by atoms with Gasteiger partial charge in [0.25, 0.3) is 9.05 Å². The van der Waals surface area contributed by atoms with Crippen LogP contribution in [0.25, 0.3) is 0 Å². The molecule has 13 heavy (non-hydrogen) atoms. The van der Waals surface area contributed by atoms with Gasteiger partial charge in [0.05, 0.1) is 14.9 Å². The van der Waals surface area contributed by atoms with Crippen LogP contribution in [0.1, 0.15) is 5.56 Å². The van der Waals surface area contributed by atoms with E-state index in [1.807, 2.05) is 0 Å². The highest BCUT2D eigenvalue weighted by Crippen LogP contribution is 2.31. The summed E-state index contributed by atoms with van der Waals surface area (Å²) in [4.78, 5) is -0.0106. The minimum absolute atomic E-state index is 0.0106. The van der Waals surface area contributed by atoms with Gasteiger partial charge in [-0.25, -0.2) is 8.42 Å². The second-order valence-electron chi connectivity index (χ2n) is 2.42. The van der Waals surface area contributed by atoms with Crippen molar-refractivity contribution in [2.45, 2.75) is 11.8 Å². The van der Waals surface area contributed by atoms with Crippen LogP contribution in [0.2, 0.25) is 10.0 Å². The first-order valence-corrected chi connectivity index (χ1v) is 6.30. The fraction of sp³-hybridized carbons (Fsp3) is 0.143. The molecule has 0 bridgehead atoms. The predicted molar refractivity (Wildman–Crippen MR) is 54.2 cm³/mol. The normalized spacial score (nSPS) is 11.7. The van der Waals surface area contributed by atoms with Crippen LogP contribution in [0, 0.1) is 6.92 Å². The van der Waals surface area contributed by atoms with Crippen molar-refractivity contribution >= 4 is 42.9 Å². The molecule has 0 aliphatic carbocycles. The van der Waals surface area contributed by atoms with Crippen molar-refractivity contribution < 1.29 is 8.42 Å². The van der Waals surface area contributed by atoms with Crippen molar-refractivity contribution in [3.63, 3.8) is 0 Å². The van der Waals surface area contributed by atoms with Crippen molar-refractivity contribution in [3.8, 4) is 0 Å². The summed E-state index contributed by atoms with van der Waals surface area (Å²) >= 11 is 11.4. The standard InChI is InChI=1S/C7H5Cl3O2S/c1-4-6(13(10,11)12)3-2-5(8)7(4)9/h2-3H,1H3. The van der Waals surface area contributed by atoms with Crippen LogP contribution in [-0.2, 0) is 9.05 Å². The fourth-order valence-corrected chi connectivity index (χ4v) is 2.52. The lowest BCUT2D eigenvalue weighted by Crippen LogP contribution is -1.94. The van der Waals surface area contributed by atoms with E-state index in [-0.39, 0.29) is 9.92 Å². The number of hydrogen-bond acceptors (Lipinski definition) is 2. The maximum absolute atomic E-state index is 11.0. The number of rotatable bonds is 1. The average Bonchev–Trinajstić information content (AvgIpc) is 1.98. The Morgan fingerprint density at radius 1 is 1.23 bits per heavy atom. The third-order valence-electron chi connectivity index (χ3n) is 1.55. The molecule has 0 atom stereocenters. The van der Waals surface area contributed by atoms with Gasteiger partial charge < -0.3 is 0 Å². The number of halogens is 3. The Hall–Kier alpha value is 0.0400. The van der Waals surface area contributed by atoms with Gasteiger partial charge >= 0.3 is 0 Å². The number of benzene rings is 1. The van der Waals surface area contributed by atoms with Crippen molar-refractivity contribution in [1.29, 1.82) is 0 Å². The van der Waals surface area contributed by atoms with Crippen LogP contribution >= 0.6 is 33.9 Å². The van der Waals surface area contributed by atoms with Gasteiger partial charge in [0.15, 0.2) is 0 Å². The Kier molecular flexibility index (Phi) is 3.12. The number of hydrogen-bond donors (Lipinski definition) is 0. The maximum atomic E-state index is 11.0. The van der Waals surface area contributed by atoms with Gasteiger partial charge in [-0.05, 0) is 24.6 Å². The van der Waals surface area contributed by atoms with Gasteiger partial charge in [-0.1, -0.05) is 23.2 Å². The summed E-state index contributed by atoms with van der Waals surface area (Å²) in [6.45, 7) is 1.55. The third kappa shape index (κ3) is 2.29. The van der Waals surface area contributed by atoms with Crippen LogP contribution in [0.15, 0.2) is 17.0 Å². The summed E-state index contributed by atoms with van der Waals surface area (Å²) in [6.07, 6.45) is 0. The van der Waals surface area contributed by atoms with E-state index in [0.29, 0.717) is 10.6 Å². The van der Waals surface area contributed by atoms with Gasteiger partial charge in [-0.2, -0.15) is 0 Å². The van der Waals surface area contributed by atoms with Crippen LogP contribution in [0.5, 0.6) is 0 Å². The lowest BCUT2D eigenvalue weighted by Gasteiger charge is -2.04. The molecule has 0 aliphatic rings. The second kappa shape index (κ2) is 3.65. The Morgan fingerprint density at radius 3 is 2.23 bits per heavy atom. The Labute approximate surface area is 90.8 Å². The van der Waals surface area contributed by atoms with Crippen LogP contribution in [-0.4, -0.2) is 8.42 Å². The summed E-state index contributed by atoms with van der Waals surface area (Å²) in [6, 6.07) is 2.72. The predicted octanol–water partition coefficient (Wildman–Crippen LogP) is 3.23. The van der Waals surface area contributed by atoms with E-state index in [2.05, 4.69) is 0 Å². The second-order valence-corrected chi connectivity index (χ2v) is 5.74. The van der Waals surface area contributed by atoms with E-state index in [1.54, 1.807) is 6.92 Å². The van der Waals surface area contributed by atoms with E-state index in [4.69, 9.17) is 33.9 Å². The summed E-state index contributed by atoms with van der Waals surface area (Å²) < 4.78 is 22.0. The molecule has 0 radical (unpaired) electrons. The lowest BCUT2D eigenvalue weighted by atomic mass is 10.2. The fourth-order valence-electron chi connectivity index (χ4n) is 0.898. The molecule has 0 N–H and O–H groups in total. The Bertz CT molecular complexity index is 439. The lowest BCUT2D eigenvalue weighted by molar-refractivity contribution is 0.609. The summed E-state index contributed by atoms with van der Waals surface area (Å²) in [5.74, 6) is 0. The van der Waals surface area contributed by atoms with E-state index in [9.17, 15) is 8.42 Å². The highest BCUT2D eigenvalue weighted by Gasteiger charge is 2.16. The summed E-state index contributed by atoms with van der Waals surface area (Å²) in [5, 5.41) is 0.520. The summed E-state index contributed by atoms with van der Waals surface area (Å²) in [7, 11) is 1.42. The van der Waals surface area contributed by atoms with Crippen molar-refractivity contribution in [2.75, 3.05) is 0 Å². The minimum Gasteiger partial charge on any atom is -0.207 e. The first-order chi connectivity index (χ1) is 5.84. The van der Waals surface area contributed by atoms with Crippen molar-refractivity contribution in [1.82, 2.24) is 0 Å². The smallest absolute Gasteiger partial charge is 0.207 e. The monoisotopic (exact) mass is 258 g/mol. The van der Waals surface area contributed by atoms with Gasteiger partial charge in [0.2, 0.25) is 0 Å². The van der Waals surface area contributed by atoms with Gasteiger partial charge in [-0.3, -0.25) is 0 Å². The van der Waals surface area contributed by atoms with Gasteiger partial charge in [0, 0.05) is 10.7 Å². The van der Waals surface area contributed by atoms with E-state index in [0.717, 1.165) is 0 Å². The minimum atomic E-state index is -3.74. The molecule has 0 saturated heterocycles. The first-order valence-electron chi connectivity index (χ1n) is 3.23. The Balaban J connectivity index is 3.53. The molecule has 1 aromatic carbocycles. The van der Waals surface area contributed by atoms with E-state index < -0.39 is 9.05 Å². The zero-order chi connectivity index (χ0) is 10.2. The van der Waals surface area contributed by atoms with Crippen LogP contribution in [0.3, 0.4) is 0 Å². The van der Waals surface area contributed by atoms with Crippen LogP contribution < -0.4 is 0 Å². The Morgan fingerprint density at radius 2 is 1.77 bits per heavy atom. The molecule has 0 aromatic heterocycles. The van der Waals surface area contributed by atoms with E-state index in [1.165, 1.54) is 12.1 Å². The molecule has 0 unspecified atom stereocenters. The molecular weight excluding hydrogens is 255 g/mol. The summed E-state index contributed by atoms with van der Waals surface area (Å²) in [5.41, 5.74) is 0.365. The SMILES string of the molecule is Cc1c(S(=O)(=O)Cl)ccc(Cl)c1Cl. The third-order valence-corrected chi connectivity index (χ3v) is 3.92. The highest BCUT2D eigenvalue weighted by molar-refractivity contribution is 8.13. The first kappa shape index (κ1) is 11.1. The molecule has 0 saturated carbocycles. The highest BCUT2D eigenvalue weighted by atomic mass is 35.7. The van der Waals surface area contributed by atoms with Crippen LogP contribution in [0.4, 0.5) is 0 Å². The molecule has 6 heteroatoms. The molecule has 2 nitrogen and oxygen atoms in total. The topological polar surface area (TPSA) is 34.1 Å². The van der Waals surface area contributed by atoms with Crippen molar-refractivity contribution in [3.05, 3.63) is 27.7 Å². The quantitative estimate of drug-likeness (QED) is 0.726. The van der Waals surface area contributed by atoms with Gasteiger partial charge in [0.1, 0.15) is 0 Å². The van der Waals surface area contributed by atoms with E-state index >= 15 is 0 Å². The maximum Gasteiger partial charge on any atom is 0.261 e. The molecule has 0 aliphatic heterocycles. The molecule has 1 aromatic rings. The molecule has 0 heterocycles. The molecule has 0 spiro atoms. The molecule has 0 amide bonds. The van der Waals surface area contributed by atoms with Crippen molar-refractivity contribution in [2.24, 2.45) is 0 Å². The van der Waals surface area contributed by atoms with Gasteiger partial charge in [-0.15, -0.1) is 0 Å². The molecule has 1 rings (SSSR count). The molecule has 72 valence electrons.